The van der Waals surface area contributed by atoms with Gasteiger partial charge in [-0.1, -0.05) is 0 Å². The van der Waals surface area contributed by atoms with E-state index in [0.717, 1.165) is 15.6 Å². The van der Waals surface area contributed by atoms with Gasteiger partial charge in [-0.05, 0) is 35.0 Å². The van der Waals surface area contributed by atoms with Gasteiger partial charge in [0.2, 0.25) is 0 Å². The van der Waals surface area contributed by atoms with Crippen LogP contribution in [0.2, 0.25) is 0 Å². The zero-order valence-electron chi connectivity index (χ0n) is 7.57. The number of aromatic nitrogens is 3. The van der Waals surface area contributed by atoms with E-state index in [1.165, 1.54) is 6.92 Å². The minimum Gasteiger partial charge on any atom is -0.298 e. The third-order valence-corrected chi connectivity index (χ3v) is 2.20. The van der Waals surface area contributed by atoms with Gasteiger partial charge in [0.25, 0.3) is 0 Å². The molecule has 2 heterocycles. The molecule has 0 bridgehead atoms. The van der Waals surface area contributed by atoms with Crippen LogP contribution in [0.4, 0.5) is 0 Å². The average molecular weight is 254 g/mol. The van der Waals surface area contributed by atoms with Crippen molar-refractivity contribution in [3.8, 4) is 0 Å². The summed E-state index contributed by atoms with van der Waals surface area (Å²) in [5.41, 5.74) is 1.59. The predicted molar refractivity (Wildman–Crippen MR) is 55.9 cm³/mol. The van der Waals surface area contributed by atoms with Gasteiger partial charge < -0.3 is 0 Å². The zero-order chi connectivity index (χ0) is 10.1. The molecule has 0 saturated carbocycles. The first-order valence-electron chi connectivity index (χ1n) is 4.14. The normalized spacial score (nSPS) is 10.7. The highest BCUT2D eigenvalue weighted by atomic mass is 79.9. The number of carbonyl (C=O) groups excluding carboxylic acids is 1. The van der Waals surface area contributed by atoms with Crippen molar-refractivity contribution < 1.29 is 4.79 Å². The Morgan fingerprint density at radius 3 is 3.00 bits per heavy atom. The molecule has 0 atom stereocenters. The van der Waals surface area contributed by atoms with Crippen molar-refractivity contribution in [2.75, 3.05) is 0 Å². The van der Waals surface area contributed by atoms with Crippen LogP contribution in [0, 0.1) is 0 Å². The number of carbonyl (C=O) groups is 1. The smallest absolute Gasteiger partial charge is 0.151 e. The lowest BCUT2D eigenvalue weighted by Gasteiger charge is -1.92. The van der Waals surface area contributed by atoms with Crippen LogP contribution in [0.5, 0.6) is 0 Å². The fourth-order valence-corrected chi connectivity index (χ4v) is 1.56. The first kappa shape index (κ1) is 9.33. The van der Waals surface area contributed by atoms with Crippen molar-refractivity contribution in [1.29, 1.82) is 0 Å². The Bertz CT molecular complexity index is 492. The second kappa shape index (κ2) is 3.49. The van der Waals surface area contributed by atoms with Gasteiger partial charge in [-0.2, -0.15) is 5.10 Å². The van der Waals surface area contributed by atoms with Gasteiger partial charge in [-0.25, -0.2) is 4.98 Å². The topological polar surface area (TPSA) is 47.8 Å². The van der Waals surface area contributed by atoms with Gasteiger partial charge in [0.1, 0.15) is 15.6 Å². The van der Waals surface area contributed by atoms with Gasteiger partial charge in [-0.3, -0.25) is 9.48 Å². The molecule has 0 aliphatic carbocycles. The lowest BCUT2D eigenvalue weighted by molar-refractivity contribution is -0.117. The van der Waals surface area contributed by atoms with E-state index >= 15 is 0 Å². The second-order valence-electron chi connectivity index (χ2n) is 3.07. The van der Waals surface area contributed by atoms with Gasteiger partial charge >= 0.3 is 0 Å². The van der Waals surface area contributed by atoms with Crippen LogP contribution in [0.15, 0.2) is 22.9 Å². The number of rotatable bonds is 2. The van der Waals surface area contributed by atoms with E-state index < -0.39 is 0 Å². The summed E-state index contributed by atoms with van der Waals surface area (Å²) in [6.07, 6.45) is 1.77. The quantitative estimate of drug-likeness (QED) is 0.767. The molecule has 0 aliphatic heterocycles. The Kier molecular flexibility index (Phi) is 2.33. The SMILES string of the molecule is CC(=O)Cn1cc2nc(Br)ccc2n1. The molecule has 2 rings (SSSR count). The lowest BCUT2D eigenvalue weighted by atomic mass is 10.4. The molecule has 14 heavy (non-hydrogen) atoms. The number of halogens is 1. The van der Waals surface area contributed by atoms with Crippen LogP contribution < -0.4 is 0 Å². The maximum atomic E-state index is 10.9. The van der Waals surface area contributed by atoms with E-state index in [9.17, 15) is 4.79 Å². The molecule has 2 aromatic rings. The third kappa shape index (κ3) is 1.82. The van der Waals surface area contributed by atoms with Crippen LogP contribution in [0.3, 0.4) is 0 Å². The molecule has 0 amide bonds. The fraction of sp³-hybridized carbons (Fsp3) is 0.222. The van der Waals surface area contributed by atoms with Gasteiger partial charge in [0.05, 0.1) is 12.7 Å². The average Bonchev–Trinajstić information content (AvgIpc) is 2.44. The Hall–Kier alpha value is -1.23. The maximum absolute atomic E-state index is 10.9. The molecule has 0 spiro atoms. The summed E-state index contributed by atoms with van der Waals surface area (Å²) in [6.45, 7) is 1.84. The second-order valence-corrected chi connectivity index (χ2v) is 3.88. The Morgan fingerprint density at radius 1 is 1.50 bits per heavy atom. The van der Waals surface area contributed by atoms with E-state index in [1.807, 2.05) is 12.1 Å². The van der Waals surface area contributed by atoms with Crippen LogP contribution >= 0.6 is 15.9 Å². The molecular weight excluding hydrogens is 246 g/mol. The number of ketones is 1. The van der Waals surface area contributed by atoms with E-state index in [-0.39, 0.29) is 5.78 Å². The number of hydrogen-bond acceptors (Lipinski definition) is 3. The fourth-order valence-electron chi connectivity index (χ4n) is 1.24. The van der Waals surface area contributed by atoms with Crippen molar-refractivity contribution in [2.45, 2.75) is 13.5 Å². The number of hydrogen-bond donors (Lipinski definition) is 0. The predicted octanol–water partition coefficient (Wildman–Crippen LogP) is 1.78. The van der Waals surface area contributed by atoms with Gasteiger partial charge in [0.15, 0.2) is 5.78 Å². The lowest BCUT2D eigenvalue weighted by Crippen LogP contribution is -2.05. The number of nitrogens with zero attached hydrogens (tertiary/aromatic N) is 3. The third-order valence-electron chi connectivity index (χ3n) is 1.76. The molecule has 5 heteroatoms. The van der Waals surface area contributed by atoms with Crippen molar-refractivity contribution in [3.05, 3.63) is 22.9 Å². The van der Waals surface area contributed by atoms with Crippen molar-refractivity contribution >= 4 is 32.7 Å². The molecule has 0 radical (unpaired) electrons. The molecule has 0 N–H and O–H groups in total. The summed E-state index contributed by atoms with van der Waals surface area (Å²) >= 11 is 3.28. The molecule has 0 aliphatic rings. The maximum Gasteiger partial charge on any atom is 0.151 e. The highest BCUT2D eigenvalue weighted by molar-refractivity contribution is 9.10. The van der Waals surface area contributed by atoms with Crippen LogP contribution in [-0.2, 0) is 11.3 Å². The highest BCUT2D eigenvalue weighted by Crippen LogP contribution is 2.13. The number of Topliss-reactive ketones (excluding diaryl/α,β-unsaturated/α-hetero) is 1. The van der Waals surface area contributed by atoms with Crippen LogP contribution in [0.1, 0.15) is 6.92 Å². The monoisotopic (exact) mass is 253 g/mol. The van der Waals surface area contributed by atoms with Crippen molar-refractivity contribution in [2.24, 2.45) is 0 Å². The molecule has 0 saturated heterocycles. The minimum absolute atomic E-state index is 0.0804. The molecule has 0 aromatic carbocycles. The first-order chi connectivity index (χ1) is 6.65. The van der Waals surface area contributed by atoms with E-state index in [4.69, 9.17) is 0 Å². The molecule has 0 fully saturated rings. The van der Waals surface area contributed by atoms with Crippen molar-refractivity contribution in [3.63, 3.8) is 0 Å². The van der Waals surface area contributed by atoms with Crippen LogP contribution in [0.25, 0.3) is 11.0 Å². The molecule has 2 aromatic heterocycles. The molecule has 4 nitrogen and oxygen atoms in total. The molecular formula is C9H8BrN3O. The summed E-state index contributed by atoms with van der Waals surface area (Å²) in [7, 11) is 0. The summed E-state index contributed by atoms with van der Waals surface area (Å²) in [5, 5.41) is 4.21. The number of pyridine rings is 1. The van der Waals surface area contributed by atoms with Crippen LogP contribution in [-0.4, -0.2) is 20.5 Å². The zero-order valence-corrected chi connectivity index (χ0v) is 9.15. The molecule has 0 unspecified atom stereocenters. The van der Waals surface area contributed by atoms with E-state index in [2.05, 4.69) is 26.0 Å². The molecule has 72 valence electrons. The largest absolute Gasteiger partial charge is 0.298 e. The Labute approximate surface area is 89.1 Å². The standard InChI is InChI=1S/C9H8BrN3O/c1-6(14)4-13-5-8-7(12-13)2-3-9(10)11-8/h2-3,5H,4H2,1H3. The Balaban J connectivity index is 2.46. The van der Waals surface area contributed by atoms with Crippen molar-refractivity contribution in [1.82, 2.24) is 14.8 Å². The van der Waals surface area contributed by atoms with Gasteiger partial charge in [-0.15, -0.1) is 0 Å². The highest BCUT2D eigenvalue weighted by Gasteiger charge is 2.03. The summed E-state index contributed by atoms with van der Waals surface area (Å²) in [5.74, 6) is 0.0804. The summed E-state index contributed by atoms with van der Waals surface area (Å²) in [4.78, 5) is 15.1. The van der Waals surface area contributed by atoms with Gasteiger partial charge in [0, 0.05) is 0 Å². The Morgan fingerprint density at radius 2 is 2.29 bits per heavy atom. The van der Waals surface area contributed by atoms with E-state index in [1.54, 1.807) is 10.9 Å². The first-order valence-corrected chi connectivity index (χ1v) is 4.93. The minimum atomic E-state index is 0.0804. The summed E-state index contributed by atoms with van der Waals surface area (Å²) in [6, 6.07) is 3.69. The van der Waals surface area contributed by atoms with E-state index in [0.29, 0.717) is 6.54 Å². The summed E-state index contributed by atoms with van der Waals surface area (Å²) < 4.78 is 2.37. The number of fused-ring (bicyclic) bond motifs is 1.